The monoisotopic (exact) mass is 510 g/mol. The molecule has 2 fully saturated rings. The van der Waals surface area contributed by atoms with Gasteiger partial charge in [0.2, 0.25) is 5.91 Å². The summed E-state index contributed by atoms with van der Waals surface area (Å²) in [5, 5.41) is 6.25. The predicted molar refractivity (Wildman–Crippen MR) is 123 cm³/mol. The average molecular weight is 510 g/mol. The van der Waals surface area contributed by atoms with Crippen LogP contribution >= 0.6 is 24.0 Å². The lowest BCUT2D eigenvalue weighted by Crippen LogP contribution is -2.48. The molecule has 0 radical (unpaired) electrons. The molecule has 2 N–H and O–H groups in total. The van der Waals surface area contributed by atoms with Crippen molar-refractivity contribution in [3.8, 4) is 0 Å². The van der Waals surface area contributed by atoms with Crippen LogP contribution < -0.4 is 10.6 Å². The van der Waals surface area contributed by atoms with Crippen molar-refractivity contribution < 1.29 is 14.3 Å². The highest BCUT2D eigenvalue weighted by Crippen LogP contribution is 2.18. The number of likely N-dealkylation sites (tertiary alicyclic amines) is 1. The van der Waals surface area contributed by atoms with Gasteiger partial charge in [0, 0.05) is 31.8 Å². The zero-order valence-electron chi connectivity index (χ0n) is 18.0. The second kappa shape index (κ2) is 12.8. The minimum absolute atomic E-state index is 0. The van der Waals surface area contributed by atoms with Gasteiger partial charge in [-0.2, -0.15) is 0 Å². The maximum Gasteiger partial charge on any atom is 0.242 e. The van der Waals surface area contributed by atoms with E-state index in [4.69, 9.17) is 9.47 Å². The Morgan fingerprint density at radius 3 is 2.50 bits per heavy atom. The number of nitrogens with zero attached hydrogens (tertiary/aromatic N) is 2. The van der Waals surface area contributed by atoms with Crippen LogP contribution in [0.3, 0.4) is 0 Å². The lowest BCUT2D eigenvalue weighted by molar-refractivity contribution is -0.121. The first-order chi connectivity index (χ1) is 12.9. The van der Waals surface area contributed by atoms with Gasteiger partial charge in [0.15, 0.2) is 5.96 Å². The number of carbonyl (C=O) groups is 1. The molecule has 0 saturated carbocycles. The molecule has 0 bridgehead atoms. The molecule has 8 heteroatoms. The van der Waals surface area contributed by atoms with E-state index in [0.29, 0.717) is 12.7 Å². The molecule has 7 nitrogen and oxygen atoms in total. The summed E-state index contributed by atoms with van der Waals surface area (Å²) in [6, 6.07) is 0. The fourth-order valence-corrected chi connectivity index (χ4v) is 3.45. The third kappa shape index (κ3) is 9.73. The molecule has 164 valence electrons. The average Bonchev–Trinajstić information content (AvgIpc) is 2.63. The van der Waals surface area contributed by atoms with Gasteiger partial charge in [-0.05, 0) is 59.8 Å². The van der Waals surface area contributed by atoms with Crippen molar-refractivity contribution in [1.29, 1.82) is 0 Å². The molecule has 28 heavy (non-hydrogen) atoms. The van der Waals surface area contributed by atoms with E-state index in [-0.39, 0.29) is 48.1 Å². The van der Waals surface area contributed by atoms with E-state index >= 15 is 0 Å². The van der Waals surface area contributed by atoms with Crippen LogP contribution in [0, 0.1) is 0 Å². The molecule has 0 spiro atoms. The molecule has 0 aromatic rings. The van der Waals surface area contributed by atoms with E-state index in [9.17, 15) is 4.79 Å². The van der Waals surface area contributed by atoms with E-state index in [0.717, 1.165) is 51.5 Å². The van der Waals surface area contributed by atoms with E-state index < -0.39 is 0 Å². The fraction of sp³-hybridized carbons (Fsp3) is 0.900. The summed E-state index contributed by atoms with van der Waals surface area (Å²) in [6.07, 6.45) is 6.06. The van der Waals surface area contributed by atoms with Gasteiger partial charge >= 0.3 is 0 Å². The Kier molecular flexibility index (Phi) is 11.7. The molecule has 2 aliphatic heterocycles. The third-order valence-electron chi connectivity index (χ3n) is 4.76. The molecule has 2 saturated heterocycles. The van der Waals surface area contributed by atoms with Crippen LogP contribution in [0.15, 0.2) is 4.99 Å². The molecule has 1 atom stereocenters. The zero-order chi connectivity index (χ0) is 19.7. The van der Waals surface area contributed by atoms with Crippen LogP contribution in [0.2, 0.25) is 0 Å². The minimum atomic E-state index is -0.233. The Hall–Kier alpha value is -0.610. The smallest absolute Gasteiger partial charge is 0.242 e. The predicted octanol–water partition coefficient (Wildman–Crippen LogP) is 2.53. The van der Waals surface area contributed by atoms with Gasteiger partial charge in [0.25, 0.3) is 0 Å². The molecule has 0 aliphatic carbocycles. The number of hydrogen-bond acceptors (Lipinski definition) is 4. The Morgan fingerprint density at radius 2 is 1.93 bits per heavy atom. The number of amides is 1. The van der Waals surface area contributed by atoms with Crippen LogP contribution in [0.5, 0.6) is 0 Å². The number of guanidine groups is 1. The third-order valence-corrected chi connectivity index (χ3v) is 4.76. The normalized spacial score (nSPS) is 21.8. The van der Waals surface area contributed by atoms with Gasteiger partial charge in [-0.1, -0.05) is 0 Å². The highest BCUT2D eigenvalue weighted by Gasteiger charge is 2.24. The zero-order valence-corrected chi connectivity index (χ0v) is 20.3. The van der Waals surface area contributed by atoms with Gasteiger partial charge in [-0.15, -0.1) is 24.0 Å². The summed E-state index contributed by atoms with van der Waals surface area (Å²) in [7, 11) is 0. The first-order valence-electron chi connectivity index (χ1n) is 10.4. The molecule has 2 rings (SSSR count). The second-order valence-corrected chi connectivity index (χ2v) is 8.48. The highest BCUT2D eigenvalue weighted by molar-refractivity contribution is 14.0. The fourth-order valence-electron chi connectivity index (χ4n) is 3.45. The number of piperidine rings is 1. The maximum absolute atomic E-state index is 12.0. The van der Waals surface area contributed by atoms with Crippen molar-refractivity contribution in [1.82, 2.24) is 15.5 Å². The lowest BCUT2D eigenvalue weighted by Gasteiger charge is -2.35. The van der Waals surface area contributed by atoms with Crippen molar-refractivity contribution in [3.63, 3.8) is 0 Å². The van der Waals surface area contributed by atoms with Gasteiger partial charge in [0.05, 0.1) is 18.8 Å². The first kappa shape index (κ1) is 25.4. The van der Waals surface area contributed by atoms with E-state index in [1.165, 1.54) is 12.8 Å². The van der Waals surface area contributed by atoms with E-state index in [1.54, 1.807) is 0 Å². The van der Waals surface area contributed by atoms with Crippen molar-refractivity contribution >= 4 is 35.8 Å². The van der Waals surface area contributed by atoms with Gasteiger partial charge < -0.3 is 25.0 Å². The summed E-state index contributed by atoms with van der Waals surface area (Å²) in [5.41, 5.74) is -0.233. The van der Waals surface area contributed by atoms with Gasteiger partial charge in [0.1, 0.15) is 6.54 Å². The number of hydrogen-bond donors (Lipinski definition) is 2. The Morgan fingerprint density at radius 1 is 1.21 bits per heavy atom. The Bertz CT molecular complexity index is 482. The molecule has 1 unspecified atom stereocenters. The quantitative estimate of drug-likeness (QED) is 0.327. The van der Waals surface area contributed by atoms with Crippen LogP contribution in [-0.4, -0.2) is 73.9 Å². The number of aliphatic imine (C=N–C) groups is 1. The standard InChI is InChI=1S/C20H38N4O3.HI/c1-5-21-19(22-14-18(25)23-20(2,3)4)24-11-9-16(10-12-24)27-15-17-8-6-7-13-26-17;/h16-17H,5-15H2,1-4H3,(H,21,22)(H,23,25);1H. The minimum Gasteiger partial charge on any atom is -0.376 e. The molecule has 2 heterocycles. The SMILES string of the molecule is CCNC(=NCC(=O)NC(C)(C)C)N1CCC(OCC2CCCCO2)CC1.I. The van der Waals surface area contributed by atoms with Gasteiger partial charge in [-0.3, -0.25) is 4.79 Å². The summed E-state index contributed by atoms with van der Waals surface area (Å²) >= 11 is 0. The maximum atomic E-state index is 12.0. The molecular formula is C20H39IN4O3. The summed E-state index contributed by atoms with van der Waals surface area (Å²) < 4.78 is 11.8. The number of nitrogens with one attached hydrogen (secondary N) is 2. The molecule has 0 aromatic carbocycles. The van der Waals surface area contributed by atoms with Crippen molar-refractivity contribution in [2.45, 2.75) is 77.5 Å². The Labute approximate surface area is 187 Å². The van der Waals surface area contributed by atoms with Crippen LogP contribution in [0.4, 0.5) is 0 Å². The molecule has 1 amide bonds. The summed E-state index contributed by atoms with van der Waals surface area (Å²) in [6.45, 7) is 12.3. The molecule has 0 aromatic heterocycles. The largest absolute Gasteiger partial charge is 0.376 e. The first-order valence-corrected chi connectivity index (χ1v) is 10.4. The highest BCUT2D eigenvalue weighted by atomic mass is 127. The van der Waals surface area contributed by atoms with Crippen LogP contribution in [0.25, 0.3) is 0 Å². The van der Waals surface area contributed by atoms with Crippen molar-refractivity contribution in [2.24, 2.45) is 4.99 Å². The van der Waals surface area contributed by atoms with Gasteiger partial charge in [-0.25, -0.2) is 4.99 Å². The number of carbonyl (C=O) groups excluding carboxylic acids is 1. The van der Waals surface area contributed by atoms with E-state index in [2.05, 4.69) is 20.5 Å². The van der Waals surface area contributed by atoms with Crippen molar-refractivity contribution in [3.05, 3.63) is 0 Å². The second-order valence-electron chi connectivity index (χ2n) is 8.48. The lowest BCUT2D eigenvalue weighted by atomic mass is 10.1. The summed E-state index contributed by atoms with van der Waals surface area (Å²) in [5.74, 6) is 0.763. The summed E-state index contributed by atoms with van der Waals surface area (Å²) in [4.78, 5) is 18.8. The molecular weight excluding hydrogens is 471 g/mol. The van der Waals surface area contributed by atoms with Crippen molar-refractivity contribution in [2.75, 3.05) is 39.4 Å². The van der Waals surface area contributed by atoms with E-state index in [1.807, 2.05) is 27.7 Å². The number of halogens is 1. The Balaban J connectivity index is 0.00000392. The molecule has 2 aliphatic rings. The topological polar surface area (TPSA) is 75.2 Å². The van der Waals surface area contributed by atoms with Crippen LogP contribution in [0.1, 0.15) is 59.8 Å². The number of rotatable bonds is 6. The number of ether oxygens (including phenoxy) is 2. The van der Waals surface area contributed by atoms with Crippen LogP contribution in [-0.2, 0) is 14.3 Å².